The normalized spacial score (nSPS) is 18.2. The number of amides is 1. The van der Waals surface area contributed by atoms with Gasteiger partial charge in [-0.3, -0.25) is 4.79 Å². The standard InChI is InChI=1S/C11H14N2OS2/c12-9(15)11(4-1-2-5-11)10(14)13-8-3-6-16-7-8/h3,6-7H,1-2,4-5H2,(H2,12,15)(H,13,14). The lowest BCUT2D eigenvalue weighted by Gasteiger charge is -2.25. The summed E-state index contributed by atoms with van der Waals surface area (Å²) in [5.74, 6) is -0.0455. The highest BCUT2D eigenvalue weighted by Gasteiger charge is 2.43. The third-order valence-corrected chi connectivity index (χ3v) is 4.22. The van der Waals surface area contributed by atoms with Crippen molar-refractivity contribution in [3.05, 3.63) is 16.8 Å². The largest absolute Gasteiger partial charge is 0.392 e. The van der Waals surface area contributed by atoms with E-state index in [2.05, 4.69) is 5.32 Å². The van der Waals surface area contributed by atoms with Gasteiger partial charge in [0.05, 0.1) is 16.1 Å². The monoisotopic (exact) mass is 254 g/mol. The van der Waals surface area contributed by atoms with Crippen molar-refractivity contribution in [2.24, 2.45) is 11.1 Å². The molecule has 0 radical (unpaired) electrons. The van der Waals surface area contributed by atoms with Crippen LogP contribution in [0, 0.1) is 5.41 Å². The summed E-state index contributed by atoms with van der Waals surface area (Å²) in [6, 6.07) is 1.88. The maximum absolute atomic E-state index is 12.2. The molecule has 1 saturated carbocycles. The van der Waals surface area contributed by atoms with Gasteiger partial charge < -0.3 is 11.1 Å². The molecule has 1 aliphatic carbocycles. The first-order chi connectivity index (χ1) is 7.65. The second-order valence-electron chi connectivity index (χ2n) is 4.12. The van der Waals surface area contributed by atoms with Gasteiger partial charge in [0.1, 0.15) is 0 Å². The molecule has 5 heteroatoms. The van der Waals surface area contributed by atoms with Crippen LogP contribution in [0.25, 0.3) is 0 Å². The Morgan fingerprint density at radius 2 is 2.19 bits per heavy atom. The zero-order valence-corrected chi connectivity index (χ0v) is 10.5. The number of nitrogens with two attached hydrogens (primary N) is 1. The van der Waals surface area contributed by atoms with Crippen LogP contribution < -0.4 is 11.1 Å². The fourth-order valence-electron chi connectivity index (χ4n) is 2.15. The lowest BCUT2D eigenvalue weighted by atomic mass is 9.85. The van der Waals surface area contributed by atoms with Crippen molar-refractivity contribution in [2.75, 3.05) is 5.32 Å². The number of nitrogens with one attached hydrogen (secondary N) is 1. The molecular weight excluding hydrogens is 240 g/mol. The highest BCUT2D eigenvalue weighted by atomic mass is 32.1. The van der Waals surface area contributed by atoms with Crippen LogP contribution in [0.4, 0.5) is 5.69 Å². The van der Waals surface area contributed by atoms with Gasteiger partial charge in [0.2, 0.25) is 5.91 Å². The van der Waals surface area contributed by atoms with E-state index in [9.17, 15) is 4.79 Å². The third-order valence-electron chi connectivity index (χ3n) is 3.14. The Bertz CT molecular complexity index is 394. The number of anilines is 1. The average molecular weight is 254 g/mol. The zero-order valence-electron chi connectivity index (χ0n) is 8.86. The summed E-state index contributed by atoms with van der Waals surface area (Å²) < 4.78 is 0. The number of thiocarbonyl (C=S) groups is 1. The lowest BCUT2D eigenvalue weighted by molar-refractivity contribution is -0.122. The third kappa shape index (κ3) is 1.97. The Balaban J connectivity index is 2.15. The molecule has 0 aliphatic heterocycles. The molecule has 3 N–H and O–H groups in total. The Morgan fingerprint density at radius 1 is 1.50 bits per heavy atom. The molecule has 1 amide bonds. The van der Waals surface area contributed by atoms with E-state index < -0.39 is 5.41 Å². The van der Waals surface area contributed by atoms with Crippen LogP contribution in [0.2, 0.25) is 0 Å². The minimum atomic E-state index is -0.614. The molecule has 0 saturated heterocycles. The molecule has 2 rings (SSSR count). The summed E-state index contributed by atoms with van der Waals surface area (Å²) in [6.45, 7) is 0. The minimum absolute atomic E-state index is 0.0455. The van der Waals surface area contributed by atoms with Gasteiger partial charge in [-0.15, -0.1) is 0 Å². The summed E-state index contributed by atoms with van der Waals surface area (Å²) >= 11 is 6.61. The van der Waals surface area contributed by atoms with E-state index in [1.54, 1.807) is 11.3 Å². The molecule has 1 aromatic rings. The zero-order chi connectivity index (χ0) is 11.6. The van der Waals surface area contributed by atoms with E-state index in [1.807, 2.05) is 16.8 Å². The van der Waals surface area contributed by atoms with Crippen molar-refractivity contribution in [1.82, 2.24) is 0 Å². The molecule has 16 heavy (non-hydrogen) atoms. The van der Waals surface area contributed by atoms with Gasteiger partial charge in [0.15, 0.2) is 0 Å². The number of carbonyl (C=O) groups is 1. The first-order valence-corrected chi connectivity index (χ1v) is 6.64. The van der Waals surface area contributed by atoms with E-state index in [0.29, 0.717) is 4.99 Å². The van der Waals surface area contributed by atoms with Gasteiger partial charge in [0, 0.05) is 5.38 Å². The molecule has 0 unspecified atom stereocenters. The first kappa shape index (κ1) is 11.5. The number of rotatable bonds is 3. The van der Waals surface area contributed by atoms with Crippen molar-refractivity contribution < 1.29 is 4.79 Å². The van der Waals surface area contributed by atoms with E-state index in [4.69, 9.17) is 18.0 Å². The fraction of sp³-hybridized carbons (Fsp3) is 0.455. The molecule has 1 heterocycles. The molecule has 0 atom stereocenters. The van der Waals surface area contributed by atoms with Crippen LogP contribution >= 0.6 is 23.6 Å². The predicted molar refractivity (Wildman–Crippen MR) is 70.6 cm³/mol. The highest BCUT2D eigenvalue weighted by molar-refractivity contribution is 7.80. The summed E-state index contributed by atoms with van der Waals surface area (Å²) in [7, 11) is 0. The predicted octanol–water partition coefficient (Wildman–Crippen LogP) is 2.53. The van der Waals surface area contributed by atoms with Gasteiger partial charge in [-0.2, -0.15) is 11.3 Å². The van der Waals surface area contributed by atoms with Crippen LogP contribution in [0.5, 0.6) is 0 Å². The first-order valence-electron chi connectivity index (χ1n) is 5.29. The van der Waals surface area contributed by atoms with Gasteiger partial charge in [0.25, 0.3) is 0 Å². The van der Waals surface area contributed by atoms with E-state index in [1.165, 1.54) is 0 Å². The minimum Gasteiger partial charge on any atom is -0.392 e. The van der Waals surface area contributed by atoms with E-state index in [-0.39, 0.29) is 5.91 Å². The topological polar surface area (TPSA) is 55.1 Å². The van der Waals surface area contributed by atoms with E-state index >= 15 is 0 Å². The number of hydrogen-bond acceptors (Lipinski definition) is 3. The second-order valence-corrected chi connectivity index (χ2v) is 5.34. The molecule has 0 spiro atoms. The van der Waals surface area contributed by atoms with Gasteiger partial charge in [-0.1, -0.05) is 25.1 Å². The Hall–Kier alpha value is -0.940. The van der Waals surface area contributed by atoms with Gasteiger partial charge in [-0.25, -0.2) is 0 Å². The maximum atomic E-state index is 12.2. The molecule has 0 bridgehead atoms. The Labute approximate surface area is 104 Å². The van der Waals surface area contributed by atoms with Crippen LogP contribution in [0.3, 0.4) is 0 Å². The van der Waals surface area contributed by atoms with Crippen molar-refractivity contribution in [2.45, 2.75) is 25.7 Å². The van der Waals surface area contributed by atoms with E-state index in [0.717, 1.165) is 31.4 Å². The smallest absolute Gasteiger partial charge is 0.237 e. The maximum Gasteiger partial charge on any atom is 0.237 e. The summed E-state index contributed by atoms with van der Waals surface area (Å²) in [5.41, 5.74) is 5.95. The number of thiophene rings is 1. The lowest BCUT2D eigenvalue weighted by Crippen LogP contribution is -2.43. The molecule has 1 fully saturated rings. The Morgan fingerprint density at radius 3 is 2.69 bits per heavy atom. The van der Waals surface area contributed by atoms with Gasteiger partial charge >= 0.3 is 0 Å². The molecule has 1 aromatic heterocycles. The molecule has 86 valence electrons. The second kappa shape index (κ2) is 4.51. The van der Waals surface area contributed by atoms with Crippen molar-refractivity contribution >= 4 is 40.1 Å². The van der Waals surface area contributed by atoms with Crippen molar-refractivity contribution in [1.29, 1.82) is 0 Å². The SMILES string of the molecule is NC(=S)C1(C(=O)Nc2ccsc2)CCCC1. The van der Waals surface area contributed by atoms with Crippen LogP contribution in [0.1, 0.15) is 25.7 Å². The Kier molecular flexibility index (Phi) is 3.25. The summed E-state index contributed by atoms with van der Waals surface area (Å²) in [6.07, 6.45) is 3.60. The van der Waals surface area contributed by atoms with Gasteiger partial charge in [-0.05, 0) is 24.3 Å². The quantitative estimate of drug-likeness (QED) is 0.815. The molecular formula is C11H14N2OS2. The summed E-state index contributed by atoms with van der Waals surface area (Å²) in [5, 5.41) is 6.72. The molecule has 0 aromatic carbocycles. The number of carbonyl (C=O) groups excluding carboxylic acids is 1. The van der Waals surface area contributed by atoms with Crippen molar-refractivity contribution in [3.63, 3.8) is 0 Å². The molecule has 1 aliphatic rings. The van der Waals surface area contributed by atoms with Crippen molar-refractivity contribution in [3.8, 4) is 0 Å². The van der Waals surface area contributed by atoms with Crippen LogP contribution in [0.15, 0.2) is 16.8 Å². The fourth-order valence-corrected chi connectivity index (χ4v) is 3.03. The summed E-state index contributed by atoms with van der Waals surface area (Å²) in [4.78, 5) is 12.5. The highest BCUT2D eigenvalue weighted by Crippen LogP contribution is 2.39. The van der Waals surface area contributed by atoms with Crippen LogP contribution in [-0.2, 0) is 4.79 Å². The van der Waals surface area contributed by atoms with Crippen LogP contribution in [-0.4, -0.2) is 10.9 Å². The number of hydrogen-bond donors (Lipinski definition) is 2. The average Bonchev–Trinajstić information content (AvgIpc) is 2.87. The molecule has 3 nitrogen and oxygen atoms in total.